The van der Waals surface area contributed by atoms with Crippen LogP contribution in [0, 0.1) is 11.8 Å². The number of nitrogens with one attached hydrogen (secondary N) is 1. The maximum atomic E-state index is 11.7. The van der Waals surface area contributed by atoms with Crippen molar-refractivity contribution in [1.82, 2.24) is 5.32 Å². The van der Waals surface area contributed by atoms with Crippen molar-refractivity contribution >= 4 is 23.1 Å². The molecule has 8 heteroatoms. The molecule has 0 unspecified atom stereocenters. The maximum absolute atomic E-state index is 11.7. The van der Waals surface area contributed by atoms with Gasteiger partial charge in [-0.25, -0.2) is 15.0 Å². The zero-order valence-corrected chi connectivity index (χ0v) is 26.5. The van der Waals surface area contributed by atoms with Gasteiger partial charge in [-0.3, -0.25) is 4.79 Å². The molecule has 6 rings (SSSR count). The second-order valence-corrected chi connectivity index (χ2v) is 13.5. The molecule has 3 N–H and O–H groups in total. The summed E-state index contributed by atoms with van der Waals surface area (Å²) >= 11 is 0. The van der Waals surface area contributed by atoms with Gasteiger partial charge in [-0.2, -0.15) is 0 Å². The molecule has 0 saturated carbocycles. The van der Waals surface area contributed by atoms with Crippen LogP contribution in [0.25, 0.3) is 0 Å². The van der Waals surface area contributed by atoms with Gasteiger partial charge in [-0.15, -0.1) is 0 Å². The van der Waals surface area contributed by atoms with Crippen LogP contribution in [0.15, 0.2) is 106 Å². The number of allylic oxidation sites excluding steroid dienone is 11. The summed E-state index contributed by atoms with van der Waals surface area (Å²) in [6, 6.07) is 0. The number of rotatable bonds is 6. The first-order valence-electron chi connectivity index (χ1n) is 15.3. The number of aliphatic imine (C=N–C) groups is 3. The molecule has 0 amide bonds. The Morgan fingerprint density at radius 2 is 1.63 bits per heavy atom. The Hall–Kier alpha value is -4.04. The van der Waals surface area contributed by atoms with E-state index in [9.17, 15) is 15.0 Å². The summed E-state index contributed by atoms with van der Waals surface area (Å²) < 4.78 is 0.768. The molecular formula is C35H42N5O3+. The second kappa shape index (κ2) is 10.3. The molecule has 8 nitrogen and oxygen atoms in total. The molecule has 5 aliphatic heterocycles. The van der Waals surface area contributed by atoms with E-state index >= 15 is 0 Å². The van der Waals surface area contributed by atoms with Gasteiger partial charge in [0.25, 0.3) is 0 Å². The lowest BCUT2D eigenvalue weighted by molar-refractivity contribution is -0.865. The van der Waals surface area contributed by atoms with Crippen LogP contribution in [0.4, 0.5) is 0 Å². The molecule has 1 fully saturated rings. The van der Waals surface area contributed by atoms with Crippen LogP contribution in [0.2, 0.25) is 0 Å². The standard InChI is InChI=1S/C35H41N5O3/c1-9-21-17(2)26-14-30-24(16-40(6,7)8)19(4)25(37-30)13-27-18(3)22(10-11-32(42)43)34(38-27)23-12-31(41)33-20(5)28(39-35(23)33)15-29(21)36-26/h13-15,18,22H,9-12,16H2,1-8H3,(H2-,36,37,38,39,41,42,43)/p+1/t18-,22-/m0/s1. The fraction of sp³-hybridized carbons (Fsp3) is 0.429. The van der Waals surface area contributed by atoms with Crippen LogP contribution in [-0.2, 0) is 4.79 Å². The van der Waals surface area contributed by atoms with E-state index < -0.39 is 5.97 Å². The van der Waals surface area contributed by atoms with Gasteiger partial charge >= 0.3 is 5.97 Å². The molecule has 0 aromatic rings. The number of quaternary nitrogens is 1. The monoisotopic (exact) mass is 580 g/mol. The summed E-state index contributed by atoms with van der Waals surface area (Å²) in [5.74, 6) is -0.498. The van der Waals surface area contributed by atoms with E-state index in [1.165, 1.54) is 11.1 Å². The van der Waals surface area contributed by atoms with Crippen molar-refractivity contribution in [1.29, 1.82) is 0 Å². The molecule has 0 spiro atoms. The summed E-state index contributed by atoms with van der Waals surface area (Å²) in [6.45, 7) is 11.4. The van der Waals surface area contributed by atoms with Gasteiger partial charge in [-0.05, 0) is 74.1 Å². The molecule has 43 heavy (non-hydrogen) atoms. The Labute approximate surface area is 254 Å². The molecule has 5 heterocycles. The van der Waals surface area contributed by atoms with Crippen LogP contribution in [0.3, 0.4) is 0 Å². The van der Waals surface area contributed by atoms with E-state index in [1.807, 2.05) is 6.92 Å². The number of carbonyl (C=O) groups is 1. The molecule has 0 radical (unpaired) electrons. The average molecular weight is 581 g/mol. The van der Waals surface area contributed by atoms with Crippen LogP contribution >= 0.6 is 0 Å². The number of nitrogens with zero attached hydrogens (tertiary/aromatic N) is 4. The molecule has 0 aromatic carbocycles. The minimum Gasteiger partial charge on any atom is -0.511 e. The second-order valence-electron chi connectivity index (χ2n) is 13.5. The van der Waals surface area contributed by atoms with E-state index in [1.54, 1.807) is 0 Å². The molecule has 6 aliphatic rings. The van der Waals surface area contributed by atoms with Crippen molar-refractivity contribution in [2.75, 3.05) is 27.7 Å². The molecule has 0 aromatic heterocycles. The summed E-state index contributed by atoms with van der Waals surface area (Å²) in [6.07, 6.45) is 8.11. The van der Waals surface area contributed by atoms with Crippen molar-refractivity contribution in [3.8, 4) is 0 Å². The maximum Gasteiger partial charge on any atom is 0.303 e. The van der Waals surface area contributed by atoms with Crippen molar-refractivity contribution in [3.63, 3.8) is 0 Å². The summed E-state index contributed by atoms with van der Waals surface area (Å²) in [4.78, 5) is 27.1. The Kier molecular flexibility index (Phi) is 6.96. The lowest BCUT2D eigenvalue weighted by atomic mass is 9.86. The fourth-order valence-corrected chi connectivity index (χ4v) is 7.11. The average Bonchev–Trinajstić information content (AvgIpc) is 3.66. The SMILES string of the molecule is CCC1=C(C)C2=NC1=CC1=C(C)C3=C(O)CC(=C4NC(=CC5=NC(=C2)C(C[N+](C)(C)C)=C5C)[C@@H](C)[C@@H]4CCC(=O)O)C3=N1. The summed E-state index contributed by atoms with van der Waals surface area (Å²) in [5, 5.41) is 24.5. The number of likely N-dealkylation sites (N-methyl/N-ethyl adjacent to an activating group) is 1. The number of fused-ring (bicyclic) bond motifs is 5. The number of aliphatic carboxylic acids is 1. The number of hydrogen-bond donors (Lipinski definition) is 3. The highest BCUT2D eigenvalue weighted by Crippen LogP contribution is 2.46. The Balaban J connectivity index is 1.61. The smallest absolute Gasteiger partial charge is 0.303 e. The fourth-order valence-electron chi connectivity index (χ4n) is 7.11. The molecule has 1 saturated heterocycles. The van der Waals surface area contributed by atoms with Gasteiger partial charge in [0.05, 0.1) is 55.4 Å². The van der Waals surface area contributed by atoms with E-state index in [-0.39, 0.29) is 18.3 Å². The predicted molar refractivity (Wildman–Crippen MR) is 172 cm³/mol. The zero-order valence-electron chi connectivity index (χ0n) is 26.5. The molecule has 8 bridgehead atoms. The van der Waals surface area contributed by atoms with Crippen molar-refractivity contribution < 1.29 is 19.5 Å². The van der Waals surface area contributed by atoms with E-state index in [0.29, 0.717) is 18.6 Å². The quantitative estimate of drug-likeness (QED) is 0.324. The van der Waals surface area contributed by atoms with E-state index in [2.05, 4.69) is 72.4 Å². The van der Waals surface area contributed by atoms with Crippen molar-refractivity contribution in [3.05, 3.63) is 91.5 Å². The van der Waals surface area contributed by atoms with E-state index in [4.69, 9.17) is 15.0 Å². The topological polar surface area (TPSA) is 107 Å². The number of hydrogen-bond acceptors (Lipinski definition) is 6. The summed E-state index contributed by atoms with van der Waals surface area (Å²) in [5.41, 5.74) is 14.6. The van der Waals surface area contributed by atoms with Gasteiger partial charge in [0, 0.05) is 52.8 Å². The molecule has 224 valence electrons. The molecule has 1 aliphatic carbocycles. The highest BCUT2D eigenvalue weighted by atomic mass is 16.4. The lowest BCUT2D eigenvalue weighted by Gasteiger charge is -2.25. The van der Waals surface area contributed by atoms with Crippen molar-refractivity contribution in [2.45, 2.75) is 60.3 Å². The Bertz CT molecular complexity index is 1720. The Morgan fingerprint density at radius 1 is 0.977 bits per heavy atom. The first kappa shape index (κ1) is 29.1. The number of carboxylic acids is 1. The lowest BCUT2D eigenvalue weighted by Crippen LogP contribution is -2.36. The third-order valence-electron chi connectivity index (χ3n) is 9.48. The first-order chi connectivity index (χ1) is 20.3. The van der Waals surface area contributed by atoms with Crippen LogP contribution in [0.1, 0.15) is 60.3 Å². The van der Waals surface area contributed by atoms with Crippen LogP contribution < -0.4 is 5.32 Å². The van der Waals surface area contributed by atoms with Gasteiger partial charge in [0.1, 0.15) is 12.3 Å². The molecule has 2 atom stereocenters. The highest BCUT2D eigenvalue weighted by molar-refractivity contribution is 6.21. The minimum absolute atomic E-state index is 0.0450. The first-order valence-corrected chi connectivity index (χ1v) is 15.3. The third-order valence-corrected chi connectivity index (χ3v) is 9.48. The Morgan fingerprint density at radius 3 is 2.28 bits per heavy atom. The number of aliphatic hydroxyl groups is 1. The molecular weight excluding hydrogens is 538 g/mol. The largest absolute Gasteiger partial charge is 0.511 e. The van der Waals surface area contributed by atoms with E-state index in [0.717, 1.165) is 90.9 Å². The van der Waals surface area contributed by atoms with Crippen LogP contribution in [-0.4, -0.2) is 65.5 Å². The van der Waals surface area contributed by atoms with Crippen molar-refractivity contribution in [2.24, 2.45) is 26.8 Å². The normalized spacial score (nSPS) is 24.9. The highest BCUT2D eigenvalue weighted by Gasteiger charge is 2.41. The summed E-state index contributed by atoms with van der Waals surface area (Å²) in [7, 11) is 6.57. The predicted octanol–water partition coefficient (Wildman–Crippen LogP) is 6.23. The third kappa shape index (κ3) is 4.91. The zero-order chi connectivity index (χ0) is 31.0. The van der Waals surface area contributed by atoms with Gasteiger partial charge in [0.15, 0.2) is 0 Å². The number of aliphatic hydroxyl groups excluding tert-OH is 1. The number of carboxylic acid groups (broad SMARTS) is 1. The minimum atomic E-state index is -0.810. The van der Waals surface area contributed by atoms with Gasteiger partial charge in [-0.1, -0.05) is 13.8 Å². The van der Waals surface area contributed by atoms with Crippen LogP contribution in [0.5, 0.6) is 0 Å². The van der Waals surface area contributed by atoms with Gasteiger partial charge in [0.2, 0.25) is 0 Å². The van der Waals surface area contributed by atoms with Gasteiger partial charge < -0.3 is 20.0 Å².